The summed E-state index contributed by atoms with van der Waals surface area (Å²) in [5, 5.41) is 0. The van der Waals surface area contributed by atoms with E-state index in [1.54, 1.807) is 18.2 Å². The molecule has 1 saturated heterocycles. The summed E-state index contributed by atoms with van der Waals surface area (Å²) in [6.07, 6.45) is 6.14. The molecule has 0 spiro atoms. The van der Waals surface area contributed by atoms with Crippen molar-refractivity contribution in [1.29, 1.82) is 0 Å². The van der Waals surface area contributed by atoms with E-state index in [1.807, 2.05) is 17.9 Å². The molecular weight excluding hydrogens is 324 g/mol. The van der Waals surface area contributed by atoms with Crippen LogP contribution in [0.15, 0.2) is 29.2 Å². The van der Waals surface area contributed by atoms with Gasteiger partial charge in [-0.1, -0.05) is 31.4 Å². The van der Waals surface area contributed by atoms with Gasteiger partial charge in [-0.05, 0) is 43.9 Å². The molecule has 0 aromatic heterocycles. The predicted molar refractivity (Wildman–Crippen MR) is 93.1 cm³/mol. The number of sulfonamides is 1. The monoisotopic (exact) mass is 350 g/mol. The highest BCUT2D eigenvalue weighted by Gasteiger charge is 2.33. The van der Waals surface area contributed by atoms with Gasteiger partial charge in [-0.3, -0.25) is 4.79 Å². The number of carbonyl (C=O) groups is 1. The second-order valence-corrected chi connectivity index (χ2v) is 8.76. The van der Waals surface area contributed by atoms with E-state index in [1.165, 1.54) is 6.42 Å². The number of hydrogen-bond acceptors (Lipinski definition) is 3. The molecule has 2 aliphatic rings. The van der Waals surface area contributed by atoms with Crippen molar-refractivity contribution in [1.82, 2.24) is 9.62 Å². The van der Waals surface area contributed by atoms with Gasteiger partial charge in [0.1, 0.15) is 0 Å². The second kappa shape index (κ2) is 7.23. The van der Waals surface area contributed by atoms with Gasteiger partial charge in [-0.25, -0.2) is 13.1 Å². The van der Waals surface area contributed by atoms with E-state index in [0.717, 1.165) is 31.2 Å². The highest BCUT2D eigenvalue weighted by atomic mass is 32.2. The Hall–Kier alpha value is -1.40. The summed E-state index contributed by atoms with van der Waals surface area (Å²) in [6.45, 7) is 3.01. The summed E-state index contributed by atoms with van der Waals surface area (Å²) in [6, 6.07) is 6.71. The molecule has 1 aromatic rings. The van der Waals surface area contributed by atoms with Crippen LogP contribution < -0.4 is 4.72 Å². The van der Waals surface area contributed by atoms with E-state index in [0.29, 0.717) is 24.4 Å². The molecule has 0 bridgehead atoms. The molecule has 1 heterocycles. The van der Waals surface area contributed by atoms with Crippen LogP contribution in [0, 0.1) is 12.8 Å². The number of nitrogens with zero attached hydrogens (tertiary/aromatic N) is 1. The molecular formula is C18H26N2O3S. The van der Waals surface area contributed by atoms with Crippen molar-refractivity contribution < 1.29 is 13.2 Å². The molecule has 1 N–H and O–H groups in total. The molecule has 5 nitrogen and oxygen atoms in total. The number of hydrogen-bond donors (Lipinski definition) is 1. The van der Waals surface area contributed by atoms with Crippen molar-refractivity contribution in [2.45, 2.75) is 56.4 Å². The molecule has 132 valence electrons. The van der Waals surface area contributed by atoms with Gasteiger partial charge in [0.25, 0.3) is 0 Å². The van der Waals surface area contributed by atoms with Crippen molar-refractivity contribution in [2.24, 2.45) is 5.92 Å². The van der Waals surface area contributed by atoms with Gasteiger partial charge in [-0.15, -0.1) is 0 Å². The predicted octanol–water partition coefficient (Wildman–Crippen LogP) is 2.45. The minimum Gasteiger partial charge on any atom is -0.341 e. The van der Waals surface area contributed by atoms with Gasteiger partial charge in [0.05, 0.1) is 4.90 Å². The Morgan fingerprint density at radius 1 is 1.17 bits per heavy atom. The topological polar surface area (TPSA) is 66.5 Å². The number of carbonyl (C=O) groups excluding carboxylic acids is 1. The smallest absolute Gasteiger partial charge is 0.240 e. The molecule has 2 fully saturated rings. The summed E-state index contributed by atoms with van der Waals surface area (Å²) in [7, 11) is -3.53. The first-order valence-corrected chi connectivity index (χ1v) is 10.3. The van der Waals surface area contributed by atoms with Crippen LogP contribution in [0.25, 0.3) is 0 Å². The maximum absolute atomic E-state index is 12.6. The molecule has 6 heteroatoms. The molecule has 1 unspecified atom stereocenters. The summed E-state index contributed by atoms with van der Waals surface area (Å²) in [4.78, 5) is 14.7. The number of aryl methyl sites for hydroxylation is 1. The van der Waals surface area contributed by atoms with E-state index in [-0.39, 0.29) is 17.9 Å². The highest BCUT2D eigenvalue weighted by molar-refractivity contribution is 7.89. The second-order valence-electron chi connectivity index (χ2n) is 7.04. The van der Waals surface area contributed by atoms with Gasteiger partial charge < -0.3 is 4.90 Å². The van der Waals surface area contributed by atoms with E-state index < -0.39 is 10.0 Å². The molecule has 1 aliphatic carbocycles. The summed E-state index contributed by atoms with van der Waals surface area (Å²) < 4.78 is 27.8. The van der Waals surface area contributed by atoms with Gasteiger partial charge in [0.15, 0.2) is 0 Å². The van der Waals surface area contributed by atoms with Gasteiger partial charge >= 0.3 is 0 Å². The number of likely N-dealkylation sites (tertiary alicyclic amines) is 1. The van der Waals surface area contributed by atoms with Gasteiger partial charge in [0.2, 0.25) is 15.9 Å². The molecule has 1 aliphatic heterocycles. The average molecular weight is 350 g/mol. The Morgan fingerprint density at radius 2 is 1.92 bits per heavy atom. The third-order valence-electron chi connectivity index (χ3n) is 5.08. The summed E-state index contributed by atoms with van der Waals surface area (Å²) in [5.74, 6) is 0.359. The Labute approximate surface area is 144 Å². The zero-order valence-electron chi connectivity index (χ0n) is 14.2. The Kier molecular flexibility index (Phi) is 5.25. The first-order valence-electron chi connectivity index (χ1n) is 8.83. The Bertz CT molecular complexity index is 696. The fourth-order valence-corrected chi connectivity index (χ4v) is 5.10. The number of rotatable bonds is 4. The third kappa shape index (κ3) is 3.98. The lowest BCUT2D eigenvalue weighted by atomic mass is 9.88. The fraction of sp³-hybridized carbons (Fsp3) is 0.611. The van der Waals surface area contributed by atoms with Crippen LogP contribution in [0.1, 0.15) is 44.1 Å². The van der Waals surface area contributed by atoms with Gasteiger partial charge in [-0.2, -0.15) is 0 Å². The van der Waals surface area contributed by atoms with Crippen LogP contribution in [0.4, 0.5) is 0 Å². The zero-order valence-corrected chi connectivity index (χ0v) is 15.0. The van der Waals surface area contributed by atoms with E-state index in [4.69, 9.17) is 0 Å². The lowest BCUT2D eigenvalue weighted by Gasteiger charge is -2.26. The van der Waals surface area contributed by atoms with Crippen molar-refractivity contribution in [3.05, 3.63) is 29.8 Å². The van der Waals surface area contributed by atoms with Crippen LogP contribution in [0.5, 0.6) is 0 Å². The lowest BCUT2D eigenvalue weighted by Crippen LogP contribution is -2.40. The molecule has 3 rings (SSSR count). The van der Waals surface area contributed by atoms with Crippen molar-refractivity contribution in [3.8, 4) is 0 Å². The van der Waals surface area contributed by atoms with Crippen LogP contribution in [-0.4, -0.2) is 38.4 Å². The lowest BCUT2D eigenvalue weighted by molar-refractivity contribution is -0.135. The van der Waals surface area contributed by atoms with Gasteiger partial charge in [0, 0.05) is 25.0 Å². The highest BCUT2D eigenvalue weighted by Crippen LogP contribution is 2.27. The standard InChI is InChI=1S/C18H26N2O3S/c1-14-6-5-9-17(12-14)24(22,23)19-16-10-11-20(13-16)18(21)15-7-3-2-4-8-15/h5-6,9,12,15-16,19H,2-4,7-8,10-11,13H2,1H3. The summed E-state index contributed by atoms with van der Waals surface area (Å²) in [5.41, 5.74) is 0.915. The quantitative estimate of drug-likeness (QED) is 0.907. The van der Waals surface area contributed by atoms with E-state index in [9.17, 15) is 13.2 Å². The Balaban J connectivity index is 1.60. The van der Waals surface area contributed by atoms with Crippen LogP contribution in [0.3, 0.4) is 0 Å². The number of benzene rings is 1. The molecule has 1 aromatic carbocycles. The number of amides is 1. The largest absolute Gasteiger partial charge is 0.341 e. The van der Waals surface area contributed by atoms with Crippen LogP contribution in [0.2, 0.25) is 0 Å². The minimum absolute atomic E-state index is 0.144. The van der Waals surface area contributed by atoms with Crippen molar-refractivity contribution in [2.75, 3.05) is 13.1 Å². The van der Waals surface area contributed by atoms with Crippen LogP contribution in [-0.2, 0) is 14.8 Å². The zero-order chi connectivity index (χ0) is 17.2. The maximum atomic E-state index is 12.6. The summed E-state index contributed by atoms with van der Waals surface area (Å²) >= 11 is 0. The SMILES string of the molecule is Cc1cccc(S(=O)(=O)NC2CCN(C(=O)C3CCCCC3)C2)c1. The molecule has 0 radical (unpaired) electrons. The third-order valence-corrected chi connectivity index (χ3v) is 6.59. The first kappa shape index (κ1) is 17.4. The minimum atomic E-state index is -3.53. The molecule has 24 heavy (non-hydrogen) atoms. The average Bonchev–Trinajstić information content (AvgIpc) is 3.03. The van der Waals surface area contributed by atoms with Crippen molar-refractivity contribution in [3.63, 3.8) is 0 Å². The first-order chi connectivity index (χ1) is 11.5. The van der Waals surface area contributed by atoms with Crippen molar-refractivity contribution >= 4 is 15.9 Å². The molecule has 1 atom stereocenters. The maximum Gasteiger partial charge on any atom is 0.240 e. The normalized spacial score (nSPS) is 22.7. The van der Waals surface area contributed by atoms with Crippen LogP contribution >= 0.6 is 0 Å². The Morgan fingerprint density at radius 3 is 2.62 bits per heavy atom. The molecule has 1 saturated carbocycles. The fourth-order valence-electron chi connectivity index (χ4n) is 3.73. The van der Waals surface area contributed by atoms with E-state index >= 15 is 0 Å². The number of nitrogens with one attached hydrogen (secondary N) is 1. The van der Waals surface area contributed by atoms with E-state index in [2.05, 4.69) is 4.72 Å². The molecule has 1 amide bonds.